The second-order valence-corrected chi connectivity index (χ2v) is 3.52. The molecule has 0 radical (unpaired) electrons. The van der Waals surface area contributed by atoms with Crippen molar-refractivity contribution in [3.8, 4) is 0 Å². The van der Waals surface area contributed by atoms with Crippen LogP contribution in [0.25, 0.3) is 0 Å². The van der Waals surface area contributed by atoms with Gasteiger partial charge in [0.15, 0.2) is 0 Å². The smallest absolute Gasteiger partial charge is 0.126 e. The molecule has 15 heavy (non-hydrogen) atoms. The maximum absolute atomic E-state index is 12.8. The average molecular weight is 216 g/mol. The van der Waals surface area contributed by atoms with Crippen LogP contribution in [0.5, 0.6) is 0 Å². The molecule has 2 nitrogen and oxygen atoms in total. The second-order valence-electron chi connectivity index (χ2n) is 3.52. The van der Waals surface area contributed by atoms with E-state index in [1.54, 1.807) is 6.92 Å². The van der Waals surface area contributed by atoms with Gasteiger partial charge in [-0.2, -0.15) is 0 Å². The SMILES string of the molecule is CCC(O)C(O)Cc1cc(F)cc(F)c1. The Kier molecular flexibility index (Phi) is 4.17. The van der Waals surface area contributed by atoms with Crippen LogP contribution in [0, 0.1) is 11.6 Å². The monoisotopic (exact) mass is 216 g/mol. The van der Waals surface area contributed by atoms with Gasteiger partial charge in [0.25, 0.3) is 0 Å². The zero-order valence-electron chi connectivity index (χ0n) is 8.45. The first-order valence-corrected chi connectivity index (χ1v) is 4.84. The van der Waals surface area contributed by atoms with Gasteiger partial charge >= 0.3 is 0 Å². The van der Waals surface area contributed by atoms with Crippen LogP contribution >= 0.6 is 0 Å². The molecular formula is C11H14F2O2. The van der Waals surface area contributed by atoms with Crippen LogP contribution in [0.2, 0.25) is 0 Å². The van der Waals surface area contributed by atoms with Gasteiger partial charge in [0.2, 0.25) is 0 Å². The lowest BCUT2D eigenvalue weighted by molar-refractivity contribution is 0.0181. The predicted octanol–water partition coefficient (Wildman–Crippen LogP) is 1.64. The predicted molar refractivity (Wildman–Crippen MR) is 52.4 cm³/mol. The first kappa shape index (κ1) is 12.1. The molecule has 0 aromatic heterocycles. The molecule has 4 heteroatoms. The molecule has 0 aliphatic rings. The minimum Gasteiger partial charge on any atom is -0.390 e. The largest absolute Gasteiger partial charge is 0.390 e. The van der Waals surface area contributed by atoms with E-state index < -0.39 is 23.8 Å². The summed E-state index contributed by atoms with van der Waals surface area (Å²) in [7, 11) is 0. The zero-order chi connectivity index (χ0) is 11.4. The summed E-state index contributed by atoms with van der Waals surface area (Å²) in [4.78, 5) is 0. The van der Waals surface area contributed by atoms with E-state index in [1.165, 1.54) is 0 Å². The van der Waals surface area contributed by atoms with Crippen molar-refractivity contribution in [3.63, 3.8) is 0 Å². The molecule has 2 N–H and O–H groups in total. The standard InChI is InChI=1S/C11H14F2O2/c1-2-10(14)11(15)5-7-3-8(12)6-9(13)4-7/h3-4,6,10-11,14-15H,2,5H2,1H3. The molecule has 0 fully saturated rings. The Labute approximate surface area is 87.2 Å². The summed E-state index contributed by atoms with van der Waals surface area (Å²) in [6, 6.07) is 3.06. The van der Waals surface area contributed by atoms with E-state index in [1.807, 2.05) is 0 Å². The van der Waals surface area contributed by atoms with Crippen LogP contribution in [-0.4, -0.2) is 22.4 Å². The number of rotatable bonds is 4. The molecule has 1 aromatic rings. The van der Waals surface area contributed by atoms with Crippen LogP contribution in [0.15, 0.2) is 18.2 Å². The molecule has 84 valence electrons. The van der Waals surface area contributed by atoms with E-state index in [-0.39, 0.29) is 6.42 Å². The summed E-state index contributed by atoms with van der Waals surface area (Å²) in [5.41, 5.74) is 0.340. The normalized spacial score (nSPS) is 15.0. The average Bonchev–Trinajstić information content (AvgIpc) is 2.14. The van der Waals surface area contributed by atoms with Crippen molar-refractivity contribution in [1.82, 2.24) is 0 Å². The number of benzene rings is 1. The molecule has 0 aliphatic heterocycles. The Bertz CT molecular complexity index is 308. The summed E-state index contributed by atoms with van der Waals surface area (Å²) in [5.74, 6) is -1.36. The molecule has 0 heterocycles. The molecule has 0 saturated carbocycles. The summed E-state index contributed by atoms with van der Waals surface area (Å²) in [6.45, 7) is 1.72. The maximum atomic E-state index is 12.8. The molecule has 1 rings (SSSR count). The van der Waals surface area contributed by atoms with Crippen molar-refractivity contribution in [1.29, 1.82) is 0 Å². The minimum atomic E-state index is -0.990. The van der Waals surface area contributed by atoms with Crippen molar-refractivity contribution < 1.29 is 19.0 Å². The Hall–Kier alpha value is -1.00. The van der Waals surface area contributed by atoms with Crippen LogP contribution in [0.4, 0.5) is 8.78 Å². The van der Waals surface area contributed by atoms with E-state index in [9.17, 15) is 19.0 Å². The number of hydrogen-bond acceptors (Lipinski definition) is 2. The third-order valence-electron chi connectivity index (χ3n) is 2.23. The van der Waals surface area contributed by atoms with E-state index in [0.29, 0.717) is 12.0 Å². The van der Waals surface area contributed by atoms with Crippen LogP contribution in [-0.2, 0) is 6.42 Å². The summed E-state index contributed by atoms with van der Waals surface area (Å²) in [6.07, 6.45) is -1.41. The van der Waals surface area contributed by atoms with Gasteiger partial charge in [-0.3, -0.25) is 0 Å². The lowest BCUT2D eigenvalue weighted by atomic mass is 10.0. The highest BCUT2D eigenvalue weighted by molar-refractivity contribution is 5.18. The first-order chi connectivity index (χ1) is 7.02. The van der Waals surface area contributed by atoms with Crippen molar-refractivity contribution >= 4 is 0 Å². The fourth-order valence-electron chi connectivity index (χ4n) is 1.38. The molecule has 0 bridgehead atoms. The Morgan fingerprint density at radius 2 is 1.60 bits per heavy atom. The van der Waals surface area contributed by atoms with Gasteiger partial charge in [0, 0.05) is 12.5 Å². The fourth-order valence-corrected chi connectivity index (χ4v) is 1.38. The van der Waals surface area contributed by atoms with Gasteiger partial charge in [-0.25, -0.2) is 8.78 Å². The molecular weight excluding hydrogens is 202 g/mol. The van der Waals surface area contributed by atoms with Gasteiger partial charge in [-0.05, 0) is 24.1 Å². The van der Waals surface area contributed by atoms with Crippen LogP contribution in [0.3, 0.4) is 0 Å². The van der Waals surface area contributed by atoms with Crippen molar-refractivity contribution in [2.24, 2.45) is 0 Å². The highest BCUT2D eigenvalue weighted by Crippen LogP contribution is 2.12. The lowest BCUT2D eigenvalue weighted by Gasteiger charge is -2.15. The molecule has 2 unspecified atom stereocenters. The number of hydrogen-bond donors (Lipinski definition) is 2. The topological polar surface area (TPSA) is 40.5 Å². The quantitative estimate of drug-likeness (QED) is 0.803. The highest BCUT2D eigenvalue weighted by atomic mass is 19.1. The fraction of sp³-hybridized carbons (Fsp3) is 0.455. The molecule has 0 aliphatic carbocycles. The summed E-state index contributed by atoms with van der Waals surface area (Å²) < 4.78 is 25.6. The van der Waals surface area contributed by atoms with E-state index in [4.69, 9.17) is 0 Å². The highest BCUT2D eigenvalue weighted by Gasteiger charge is 2.15. The van der Waals surface area contributed by atoms with Gasteiger partial charge < -0.3 is 10.2 Å². The lowest BCUT2D eigenvalue weighted by Crippen LogP contribution is -2.27. The van der Waals surface area contributed by atoms with E-state index >= 15 is 0 Å². The second kappa shape index (κ2) is 5.19. The molecule has 1 aromatic carbocycles. The van der Waals surface area contributed by atoms with Gasteiger partial charge in [0.05, 0.1) is 12.2 Å². The minimum absolute atomic E-state index is 0.0453. The molecule has 0 amide bonds. The molecule has 2 atom stereocenters. The third-order valence-corrected chi connectivity index (χ3v) is 2.23. The zero-order valence-corrected chi connectivity index (χ0v) is 8.45. The maximum Gasteiger partial charge on any atom is 0.126 e. The van der Waals surface area contributed by atoms with E-state index in [2.05, 4.69) is 0 Å². The Morgan fingerprint density at radius 1 is 1.07 bits per heavy atom. The number of halogens is 2. The van der Waals surface area contributed by atoms with Crippen molar-refractivity contribution in [2.75, 3.05) is 0 Å². The van der Waals surface area contributed by atoms with Crippen LogP contribution in [0.1, 0.15) is 18.9 Å². The molecule has 0 saturated heterocycles. The van der Waals surface area contributed by atoms with Gasteiger partial charge in [0.1, 0.15) is 11.6 Å². The number of aliphatic hydroxyl groups is 2. The van der Waals surface area contributed by atoms with Gasteiger partial charge in [-0.15, -0.1) is 0 Å². The number of aliphatic hydroxyl groups excluding tert-OH is 2. The first-order valence-electron chi connectivity index (χ1n) is 4.84. The Morgan fingerprint density at radius 3 is 2.07 bits per heavy atom. The summed E-state index contributed by atoms with van der Waals surface area (Å²) >= 11 is 0. The summed E-state index contributed by atoms with van der Waals surface area (Å²) in [5, 5.41) is 18.7. The van der Waals surface area contributed by atoms with Crippen LogP contribution < -0.4 is 0 Å². The van der Waals surface area contributed by atoms with Crippen molar-refractivity contribution in [3.05, 3.63) is 35.4 Å². The van der Waals surface area contributed by atoms with E-state index in [0.717, 1.165) is 18.2 Å². The van der Waals surface area contributed by atoms with Crippen molar-refractivity contribution in [2.45, 2.75) is 32.0 Å². The molecule has 0 spiro atoms. The van der Waals surface area contributed by atoms with Gasteiger partial charge in [-0.1, -0.05) is 6.92 Å². The third kappa shape index (κ3) is 3.57. The Balaban J connectivity index is 2.72.